The lowest BCUT2D eigenvalue weighted by atomic mass is 10.0. The SMILES string of the molecule is CC(OC(=O)c1cc(-c2ccc(F)cc2)nc2ccccc12)C(=O)NC(C)(C)C. The molecule has 0 fully saturated rings. The van der Waals surface area contributed by atoms with Gasteiger partial charge in [-0.2, -0.15) is 0 Å². The zero-order valence-corrected chi connectivity index (χ0v) is 16.8. The highest BCUT2D eigenvalue weighted by Gasteiger charge is 2.24. The maximum atomic E-state index is 13.3. The molecular weight excluding hydrogens is 371 g/mol. The molecule has 1 unspecified atom stereocenters. The van der Waals surface area contributed by atoms with Gasteiger partial charge in [-0.1, -0.05) is 18.2 Å². The first-order valence-electron chi connectivity index (χ1n) is 9.33. The Morgan fingerprint density at radius 2 is 1.72 bits per heavy atom. The number of halogens is 1. The van der Waals surface area contributed by atoms with Crippen molar-refractivity contribution in [1.82, 2.24) is 10.3 Å². The highest BCUT2D eigenvalue weighted by atomic mass is 19.1. The third-order valence-electron chi connectivity index (χ3n) is 4.23. The largest absolute Gasteiger partial charge is 0.449 e. The normalized spacial score (nSPS) is 12.4. The number of esters is 1. The van der Waals surface area contributed by atoms with Gasteiger partial charge in [0.2, 0.25) is 0 Å². The molecule has 0 aliphatic carbocycles. The summed E-state index contributed by atoms with van der Waals surface area (Å²) in [5, 5.41) is 3.41. The third kappa shape index (κ3) is 4.96. The van der Waals surface area contributed by atoms with Crippen molar-refractivity contribution in [3.05, 3.63) is 66.0 Å². The summed E-state index contributed by atoms with van der Waals surface area (Å²) >= 11 is 0. The van der Waals surface area contributed by atoms with Gasteiger partial charge in [0.25, 0.3) is 5.91 Å². The van der Waals surface area contributed by atoms with Crippen molar-refractivity contribution in [2.24, 2.45) is 0 Å². The van der Waals surface area contributed by atoms with Crippen LogP contribution in [0.15, 0.2) is 54.6 Å². The molecule has 0 saturated heterocycles. The monoisotopic (exact) mass is 394 g/mol. The highest BCUT2D eigenvalue weighted by Crippen LogP contribution is 2.26. The number of benzene rings is 2. The van der Waals surface area contributed by atoms with Crippen LogP contribution >= 0.6 is 0 Å². The van der Waals surface area contributed by atoms with Gasteiger partial charge >= 0.3 is 5.97 Å². The maximum Gasteiger partial charge on any atom is 0.339 e. The van der Waals surface area contributed by atoms with Crippen LogP contribution < -0.4 is 5.32 Å². The Hall–Kier alpha value is -3.28. The number of fused-ring (bicyclic) bond motifs is 1. The Kier molecular flexibility index (Phi) is 5.64. The zero-order valence-electron chi connectivity index (χ0n) is 16.8. The van der Waals surface area contributed by atoms with Crippen LogP contribution in [0.25, 0.3) is 22.2 Å². The predicted molar refractivity (Wildman–Crippen MR) is 110 cm³/mol. The van der Waals surface area contributed by atoms with Crippen LogP contribution in [0.3, 0.4) is 0 Å². The fourth-order valence-electron chi connectivity index (χ4n) is 2.86. The van der Waals surface area contributed by atoms with E-state index in [1.807, 2.05) is 26.8 Å². The van der Waals surface area contributed by atoms with Crippen molar-refractivity contribution in [2.45, 2.75) is 39.3 Å². The number of carbonyl (C=O) groups is 2. The number of pyridine rings is 1. The Bertz CT molecular complexity index is 1060. The lowest BCUT2D eigenvalue weighted by molar-refractivity contribution is -0.130. The molecule has 3 aromatic rings. The summed E-state index contributed by atoms with van der Waals surface area (Å²) in [6.07, 6.45) is -0.956. The number of para-hydroxylation sites is 1. The molecule has 1 atom stereocenters. The van der Waals surface area contributed by atoms with Gasteiger partial charge in [0.15, 0.2) is 6.10 Å². The zero-order chi connectivity index (χ0) is 21.2. The number of carbonyl (C=O) groups excluding carboxylic acids is 2. The van der Waals surface area contributed by atoms with Gasteiger partial charge in [-0.3, -0.25) is 4.79 Å². The molecule has 150 valence electrons. The van der Waals surface area contributed by atoms with Crippen LogP contribution in [-0.4, -0.2) is 28.5 Å². The second-order valence-electron chi connectivity index (χ2n) is 7.87. The van der Waals surface area contributed by atoms with Gasteiger partial charge in [0, 0.05) is 16.5 Å². The highest BCUT2D eigenvalue weighted by molar-refractivity contribution is 6.05. The van der Waals surface area contributed by atoms with E-state index in [9.17, 15) is 14.0 Å². The molecule has 2 aromatic carbocycles. The number of ether oxygens (including phenoxy) is 1. The van der Waals surface area contributed by atoms with Crippen LogP contribution in [0.4, 0.5) is 4.39 Å². The number of hydrogen-bond acceptors (Lipinski definition) is 4. The first-order valence-corrected chi connectivity index (χ1v) is 9.33. The minimum atomic E-state index is -0.956. The Morgan fingerprint density at radius 1 is 1.07 bits per heavy atom. The van der Waals surface area contributed by atoms with E-state index in [0.717, 1.165) is 0 Å². The second kappa shape index (κ2) is 7.99. The van der Waals surface area contributed by atoms with Crippen molar-refractivity contribution >= 4 is 22.8 Å². The van der Waals surface area contributed by atoms with Crippen molar-refractivity contribution in [2.75, 3.05) is 0 Å². The molecule has 0 aliphatic rings. The van der Waals surface area contributed by atoms with Gasteiger partial charge in [-0.25, -0.2) is 14.2 Å². The van der Waals surface area contributed by atoms with E-state index in [2.05, 4.69) is 10.3 Å². The minimum absolute atomic E-state index is 0.297. The van der Waals surface area contributed by atoms with Crippen molar-refractivity contribution in [1.29, 1.82) is 0 Å². The predicted octanol–water partition coefficient (Wildman–Crippen LogP) is 4.50. The fraction of sp³-hybridized carbons (Fsp3) is 0.261. The standard InChI is InChI=1S/C23H23FN2O3/c1-14(21(27)26-23(2,3)4)29-22(28)18-13-20(15-9-11-16(24)12-10-15)25-19-8-6-5-7-17(18)19/h5-14H,1-4H3,(H,26,27). The summed E-state index contributed by atoms with van der Waals surface area (Å²) in [5.74, 6) is -1.35. The van der Waals surface area contributed by atoms with Gasteiger partial charge in [-0.15, -0.1) is 0 Å². The van der Waals surface area contributed by atoms with Gasteiger partial charge in [-0.05, 0) is 64.1 Å². The molecule has 5 nitrogen and oxygen atoms in total. The van der Waals surface area contributed by atoms with E-state index in [0.29, 0.717) is 27.7 Å². The van der Waals surface area contributed by atoms with E-state index in [1.54, 1.807) is 36.4 Å². The summed E-state index contributed by atoms with van der Waals surface area (Å²) < 4.78 is 18.7. The number of amides is 1. The first kappa shape index (κ1) is 20.5. The molecular formula is C23H23FN2O3. The Balaban J connectivity index is 1.96. The molecule has 0 spiro atoms. The van der Waals surface area contributed by atoms with E-state index in [4.69, 9.17) is 4.74 Å². The lowest BCUT2D eigenvalue weighted by Crippen LogP contribution is -2.46. The van der Waals surface area contributed by atoms with Crippen molar-refractivity contribution < 1.29 is 18.7 Å². The van der Waals surface area contributed by atoms with Crippen LogP contribution in [0.5, 0.6) is 0 Å². The number of nitrogens with zero attached hydrogens (tertiary/aromatic N) is 1. The number of nitrogens with one attached hydrogen (secondary N) is 1. The summed E-state index contributed by atoms with van der Waals surface area (Å²) in [6.45, 7) is 7.09. The summed E-state index contributed by atoms with van der Waals surface area (Å²) in [7, 11) is 0. The lowest BCUT2D eigenvalue weighted by Gasteiger charge is -2.23. The number of rotatable bonds is 4. The first-order chi connectivity index (χ1) is 13.6. The Morgan fingerprint density at radius 3 is 2.38 bits per heavy atom. The van der Waals surface area contributed by atoms with Crippen LogP contribution in [0.2, 0.25) is 0 Å². The molecule has 0 saturated carbocycles. The summed E-state index contributed by atoms with van der Waals surface area (Å²) in [4.78, 5) is 29.7. The molecule has 1 amide bonds. The smallest absolute Gasteiger partial charge is 0.339 e. The molecule has 3 rings (SSSR count). The summed E-state index contributed by atoms with van der Waals surface area (Å²) in [6, 6.07) is 14.6. The van der Waals surface area contributed by atoms with Crippen LogP contribution in [-0.2, 0) is 9.53 Å². The third-order valence-corrected chi connectivity index (χ3v) is 4.23. The summed E-state index contributed by atoms with van der Waals surface area (Å²) in [5.41, 5.74) is 1.65. The van der Waals surface area contributed by atoms with Crippen molar-refractivity contribution in [3.63, 3.8) is 0 Å². The number of hydrogen-bond donors (Lipinski definition) is 1. The topological polar surface area (TPSA) is 68.3 Å². The number of aromatic nitrogens is 1. The minimum Gasteiger partial charge on any atom is -0.449 e. The van der Waals surface area contributed by atoms with Gasteiger partial charge < -0.3 is 10.1 Å². The fourth-order valence-corrected chi connectivity index (χ4v) is 2.86. The average Bonchev–Trinajstić information content (AvgIpc) is 2.66. The molecule has 1 N–H and O–H groups in total. The van der Waals surface area contributed by atoms with Crippen LogP contribution in [0, 0.1) is 5.82 Å². The second-order valence-corrected chi connectivity index (χ2v) is 7.87. The van der Waals surface area contributed by atoms with Crippen molar-refractivity contribution in [3.8, 4) is 11.3 Å². The average molecular weight is 394 g/mol. The van der Waals surface area contributed by atoms with E-state index >= 15 is 0 Å². The Labute approximate surface area is 168 Å². The maximum absolute atomic E-state index is 13.3. The molecule has 0 radical (unpaired) electrons. The van der Waals surface area contributed by atoms with E-state index in [-0.39, 0.29) is 11.7 Å². The quantitative estimate of drug-likeness (QED) is 0.662. The van der Waals surface area contributed by atoms with Gasteiger partial charge in [0.05, 0.1) is 16.8 Å². The molecule has 1 aromatic heterocycles. The van der Waals surface area contributed by atoms with Crippen LogP contribution in [0.1, 0.15) is 38.1 Å². The van der Waals surface area contributed by atoms with E-state index < -0.39 is 17.6 Å². The molecule has 29 heavy (non-hydrogen) atoms. The van der Waals surface area contributed by atoms with Gasteiger partial charge in [0.1, 0.15) is 5.82 Å². The molecule has 1 heterocycles. The molecule has 6 heteroatoms. The molecule has 0 bridgehead atoms. The molecule has 0 aliphatic heterocycles. The van der Waals surface area contributed by atoms with E-state index in [1.165, 1.54) is 19.1 Å².